The first-order valence-corrected chi connectivity index (χ1v) is 7.04. The molecular weight excluding hydrogens is 296 g/mol. The van der Waals surface area contributed by atoms with Crippen LogP contribution in [0.5, 0.6) is 0 Å². The Labute approximate surface area is 129 Å². The first kappa shape index (κ1) is 19.9. The molecule has 0 aromatic carbocycles. The van der Waals surface area contributed by atoms with Crippen molar-refractivity contribution in [1.82, 2.24) is 0 Å². The Morgan fingerprint density at radius 1 is 0.727 bits per heavy atom. The molecule has 2 unspecified atom stereocenters. The molecule has 0 amide bonds. The van der Waals surface area contributed by atoms with E-state index in [-0.39, 0.29) is 26.1 Å². The van der Waals surface area contributed by atoms with E-state index in [0.29, 0.717) is 0 Å². The molecule has 0 N–H and O–H groups in total. The fraction of sp³-hybridized carbons (Fsp3) is 0.714. The van der Waals surface area contributed by atoms with E-state index in [1.54, 1.807) is 13.8 Å². The Bertz CT molecular complexity index is 366. The summed E-state index contributed by atoms with van der Waals surface area (Å²) in [4.78, 5) is 45.4. The SMILES string of the molecule is CCOC(=O)C(C)OC(=O)CCC(=O)OC(C)C(=O)OCC. The number of carbonyl (C=O) groups is 4. The van der Waals surface area contributed by atoms with Gasteiger partial charge in [0.05, 0.1) is 26.1 Å². The summed E-state index contributed by atoms with van der Waals surface area (Å²) in [5.74, 6) is -2.79. The summed E-state index contributed by atoms with van der Waals surface area (Å²) in [6.45, 7) is 6.37. The largest absolute Gasteiger partial charge is 0.463 e. The predicted molar refractivity (Wildman–Crippen MR) is 73.6 cm³/mol. The third-order valence-corrected chi connectivity index (χ3v) is 2.39. The molecule has 126 valence electrons. The highest BCUT2D eigenvalue weighted by atomic mass is 16.6. The highest BCUT2D eigenvalue weighted by molar-refractivity contribution is 5.83. The minimum atomic E-state index is -1.04. The van der Waals surface area contributed by atoms with Crippen LogP contribution >= 0.6 is 0 Å². The van der Waals surface area contributed by atoms with E-state index in [2.05, 4.69) is 9.47 Å². The maximum atomic E-state index is 11.5. The van der Waals surface area contributed by atoms with Crippen molar-refractivity contribution in [2.24, 2.45) is 0 Å². The van der Waals surface area contributed by atoms with Gasteiger partial charge in [0, 0.05) is 0 Å². The van der Waals surface area contributed by atoms with Crippen LogP contribution in [0.2, 0.25) is 0 Å². The molecule has 8 nitrogen and oxygen atoms in total. The molecule has 0 heterocycles. The fourth-order valence-electron chi connectivity index (χ4n) is 1.33. The Morgan fingerprint density at radius 3 is 1.32 bits per heavy atom. The summed E-state index contributed by atoms with van der Waals surface area (Å²) in [5.41, 5.74) is 0. The van der Waals surface area contributed by atoms with Gasteiger partial charge in [0.15, 0.2) is 12.2 Å². The molecule has 2 atom stereocenters. The van der Waals surface area contributed by atoms with Crippen LogP contribution in [-0.2, 0) is 38.1 Å². The van der Waals surface area contributed by atoms with Crippen LogP contribution in [0.3, 0.4) is 0 Å². The van der Waals surface area contributed by atoms with Gasteiger partial charge in [0.2, 0.25) is 0 Å². The number of esters is 4. The van der Waals surface area contributed by atoms with Crippen molar-refractivity contribution in [1.29, 1.82) is 0 Å². The lowest BCUT2D eigenvalue weighted by Gasteiger charge is -2.13. The monoisotopic (exact) mass is 318 g/mol. The molecule has 0 fully saturated rings. The third kappa shape index (κ3) is 8.23. The zero-order valence-corrected chi connectivity index (χ0v) is 13.2. The summed E-state index contributed by atoms with van der Waals surface area (Å²) >= 11 is 0. The Kier molecular flexibility index (Phi) is 9.56. The molecule has 0 rings (SSSR count). The van der Waals surface area contributed by atoms with E-state index in [9.17, 15) is 19.2 Å². The maximum Gasteiger partial charge on any atom is 0.347 e. The van der Waals surface area contributed by atoms with Crippen molar-refractivity contribution in [2.45, 2.75) is 52.7 Å². The minimum Gasteiger partial charge on any atom is -0.463 e. The van der Waals surface area contributed by atoms with E-state index in [1.165, 1.54) is 13.8 Å². The second-order valence-electron chi connectivity index (χ2n) is 4.27. The average Bonchev–Trinajstić information content (AvgIpc) is 2.45. The van der Waals surface area contributed by atoms with E-state index in [4.69, 9.17) is 9.47 Å². The lowest BCUT2D eigenvalue weighted by atomic mass is 10.3. The summed E-state index contributed by atoms with van der Waals surface area (Å²) in [6.07, 6.45) is -2.61. The van der Waals surface area contributed by atoms with Crippen LogP contribution in [0.25, 0.3) is 0 Å². The van der Waals surface area contributed by atoms with Gasteiger partial charge in [0.25, 0.3) is 0 Å². The van der Waals surface area contributed by atoms with Crippen molar-refractivity contribution in [2.75, 3.05) is 13.2 Å². The third-order valence-electron chi connectivity index (χ3n) is 2.39. The van der Waals surface area contributed by atoms with Crippen LogP contribution in [0, 0.1) is 0 Å². The fourth-order valence-corrected chi connectivity index (χ4v) is 1.33. The van der Waals surface area contributed by atoms with Gasteiger partial charge in [-0.25, -0.2) is 9.59 Å². The van der Waals surface area contributed by atoms with E-state index in [1.807, 2.05) is 0 Å². The van der Waals surface area contributed by atoms with Crippen LogP contribution in [-0.4, -0.2) is 49.3 Å². The van der Waals surface area contributed by atoms with Crippen molar-refractivity contribution in [3.05, 3.63) is 0 Å². The van der Waals surface area contributed by atoms with Crippen molar-refractivity contribution >= 4 is 23.9 Å². The summed E-state index contributed by atoms with van der Waals surface area (Å²) in [5, 5.41) is 0. The molecule has 0 bridgehead atoms. The zero-order chi connectivity index (χ0) is 17.1. The molecule has 8 heteroatoms. The lowest BCUT2D eigenvalue weighted by molar-refractivity contribution is -0.169. The van der Waals surface area contributed by atoms with Gasteiger partial charge >= 0.3 is 23.9 Å². The van der Waals surface area contributed by atoms with Gasteiger partial charge < -0.3 is 18.9 Å². The van der Waals surface area contributed by atoms with Gasteiger partial charge in [-0.2, -0.15) is 0 Å². The molecule has 0 saturated heterocycles. The van der Waals surface area contributed by atoms with Gasteiger partial charge in [0.1, 0.15) is 0 Å². The molecule has 0 aromatic heterocycles. The molecule has 0 aliphatic carbocycles. The minimum absolute atomic E-state index is 0.179. The van der Waals surface area contributed by atoms with Gasteiger partial charge in [-0.15, -0.1) is 0 Å². The standard InChI is InChI=1S/C14H22O8/c1-5-19-13(17)9(3)21-11(15)7-8-12(16)22-10(4)14(18)20-6-2/h9-10H,5-8H2,1-4H3. The van der Waals surface area contributed by atoms with Crippen LogP contribution in [0.15, 0.2) is 0 Å². The highest BCUT2D eigenvalue weighted by Gasteiger charge is 2.22. The van der Waals surface area contributed by atoms with Crippen molar-refractivity contribution in [3.8, 4) is 0 Å². The van der Waals surface area contributed by atoms with E-state index < -0.39 is 36.1 Å². The second-order valence-corrected chi connectivity index (χ2v) is 4.27. The van der Waals surface area contributed by atoms with Crippen LogP contribution in [0.4, 0.5) is 0 Å². The first-order chi connectivity index (χ1) is 10.3. The summed E-state index contributed by atoms with van der Waals surface area (Å²) in [6, 6.07) is 0. The van der Waals surface area contributed by atoms with Gasteiger partial charge in [-0.1, -0.05) is 0 Å². The highest BCUT2D eigenvalue weighted by Crippen LogP contribution is 2.04. The quantitative estimate of drug-likeness (QED) is 0.453. The Morgan fingerprint density at radius 2 is 1.05 bits per heavy atom. The van der Waals surface area contributed by atoms with Crippen LogP contribution in [0.1, 0.15) is 40.5 Å². The molecule has 22 heavy (non-hydrogen) atoms. The Hall–Kier alpha value is -2.12. The molecule has 0 aliphatic heterocycles. The predicted octanol–water partition coefficient (Wildman–Crippen LogP) is 0.756. The molecule has 0 radical (unpaired) electrons. The normalized spacial score (nSPS) is 12.7. The topological polar surface area (TPSA) is 105 Å². The average molecular weight is 318 g/mol. The second kappa shape index (κ2) is 10.6. The molecule has 0 aromatic rings. The Balaban J connectivity index is 4.06. The smallest absolute Gasteiger partial charge is 0.347 e. The first-order valence-electron chi connectivity index (χ1n) is 7.04. The number of rotatable bonds is 9. The van der Waals surface area contributed by atoms with E-state index >= 15 is 0 Å². The lowest BCUT2D eigenvalue weighted by Crippen LogP contribution is -2.28. The van der Waals surface area contributed by atoms with Gasteiger partial charge in [-0.05, 0) is 27.7 Å². The van der Waals surface area contributed by atoms with Crippen LogP contribution < -0.4 is 0 Å². The molecule has 0 aliphatic rings. The maximum absolute atomic E-state index is 11.5. The molecular formula is C14H22O8. The molecule has 0 spiro atoms. The van der Waals surface area contributed by atoms with Gasteiger partial charge in [-0.3, -0.25) is 9.59 Å². The van der Waals surface area contributed by atoms with E-state index in [0.717, 1.165) is 0 Å². The number of carbonyl (C=O) groups excluding carboxylic acids is 4. The molecule has 0 saturated carbocycles. The summed E-state index contributed by atoms with van der Waals surface area (Å²) < 4.78 is 18.9. The number of ether oxygens (including phenoxy) is 4. The zero-order valence-electron chi connectivity index (χ0n) is 13.2. The van der Waals surface area contributed by atoms with Crippen molar-refractivity contribution in [3.63, 3.8) is 0 Å². The number of hydrogen-bond acceptors (Lipinski definition) is 8. The number of hydrogen-bond donors (Lipinski definition) is 0. The van der Waals surface area contributed by atoms with Crippen molar-refractivity contribution < 1.29 is 38.1 Å². The summed E-state index contributed by atoms with van der Waals surface area (Å²) in [7, 11) is 0.